The first-order valence-electron chi connectivity index (χ1n) is 6.08. The molecule has 0 saturated heterocycles. The lowest BCUT2D eigenvalue weighted by Gasteiger charge is -2.21. The van der Waals surface area contributed by atoms with Crippen LogP contribution in [0.15, 0.2) is 54.6 Å². The summed E-state index contributed by atoms with van der Waals surface area (Å²) < 4.78 is 13.9. The molecule has 0 heterocycles. The molecule has 102 valence electrons. The van der Waals surface area contributed by atoms with Gasteiger partial charge in [-0.1, -0.05) is 24.3 Å². The Bertz CT molecular complexity index is 638. The molecule has 0 amide bonds. The van der Waals surface area contributed by atoms with Crippen LogP contribution in [0.5, 0.6) is 0 Å². The summed E-state index contributed by atoms with van der Waals surface area (Å²) in [6, 6.07) is 14.1. The predicted octanol–water partition coefficient (Wildman–Crippen LogP) is 3.69. The summed E-state index contributed by atoms with van der Waals surface area (Å²) in [5.41, 5.74) is 1.75. The monoisotopic (exact) mass is 271 g/mol. The van der Waals surface area contributed by atoms with E-state index in [-0.39, 0.29) is 5.56 Å². The van der Waals surface area contributed by atoms with Gasteiger partial charge in [0.15, 0.2) is 0 Å². The van der Waals surface area contributed by atoms with Crippen molar-refractivity contribution in [2.24, 2.45) is 0 Å². The van der Waals surface area contributed by atoms with E-state index in [1.54, 1.807) is 12.1 Å². The molecule has 20 heavy (non-hydrogen) atoms. The maximum absolute atomic E-state index is 13.9. The zero-order valence-corrected chi connectivity index (χ0v) is 11.0. The van der Waals surface area contributed by atoms with Gasteiger partial charge in [-0.15, -0.1) is 0 Å². The van der Waals surface area contributed by atoms with Gasteiger partial charge in [-0.25, -0.2) is 9.18 Å². The summed E-state index contributed by atoms with van der Waals surface area (Å²) >= 11 is 0. The summed E-state index contributed by atoms with van der Waals surface area (Å²) in [7, 11) is 1.81. The highest BCUT2D eigenvalue weighted by molar-refractivity contribution is 5.87. The van der Waals surface area contributed by atoms with Crippen molar-refractivity contribution >= 4 is 23.4 Å². The highest BCUT2D eigenvalue weighted by Crippen LogP contribution is 2.29. The van der Waals surface area contributed by atoms with Crippen LogP contribution in [-0.2, 0) is 4.79 Å². The molecule has 0 spiro atoms. The lowest BCUT2D eigenvalue weighted by Crippen LogP contribution is -2.11. The average Bonchev–Trinajstić information content (AvgIpc) is 2.45. The van der Waals surface area contributed by atoms with Crippen molar-refractivity contribution in [3.05, 3.63) is 66.0 Å². The van der Waals surface area contributed by atoms with Gasteiger partial charge in [0.1, 0.15) is 5.82 Å². The fraction of sp³-hybridized carbons (Fsp3) is 0.0625. The second-order valence-corrected chi connectivity index (χ2v) is 4.24. The molecule has 0 aromatic heterocycles. The number of para-hydroxylation sites is 1. The molecule has 2 aromatic carbocycles. The first kappa shape index (κ1) is 13.8. The number of hydrogen-bond donors (Lipinski definition) is 1. The van der Waals surface area contributed by atoms with Crippen molar-refractivity contribution in [3.8, 4) is 0 Å². The summed E-state index contributed by atoms with van der Waals surface area (Å²) in [5, 5.41) is 8.69. The van der Waals surface area contributed by atoms with Crippen LogP contribution in [-0.4, -0.2) is 18.1 Å². The predicted molar refractivity (Wildman–Crippen MR) is 77.6 cm³/mol. The van der Waals surface area contributed by atoms with Gasteiger partial charge in [-0.05, 0) is 30.3 Å². The second-order valence-electron chi connectivity index (χ2n) is 4.24. The number of carboxylic acids is 1. The van der Waals surface area contributed by atoms with E-state index in [0.717, 1.165) is 11.8 Å². The van der Waals surface area contributed by atoms with Gasteiger partial charge in [0, 0.05) is 24.4 Å². The molecule has 0 atom stereocenters. The molecule has 0 saturated carbocycles. The van der Waals surface area contributed by atoms with E-state index >= 15 is 0 Å². The first-order valence-corrected chi connectivity index (χ1v) is 6.08. The molecule has 0 aliphatic carbocycles. The SMILES string of the molecule is CN(c1ccccc1)c1cccc(F)c1/C=C/C(=O)O. The molecule has 1 N–H and O–H groups in total. The molecule has 3 nitrogen and oxygen atoms in total. The Labute approximate surface area is 116 Å². The Hall–Kier alpha value is -2.62. The normalized spacial score (nSPS) is 10.7. The molecular formula is C16H14FNO2. The summed E-state index contributed by atoms with van der Waals surface area (Å²) in [4.78, 5) is 12.4. The van der Waals surface area contributed by atoms with Gasteiger partial charge in [0.2, 0.25) is 0 Å². The highest BCUT2D eigenvalue weighted by Gasteiger charge is 2.11. The third-order valence-corrected chi connectivity index (χ3v) is 2.93. The minimum Gasteiger partial charge on any atom is -0.478 e. The zero-order valence-electron chi connectivity index (χ0n) is 11.0. The van der Waals surface area contributed by atoms with E-state index in [1.165, 1.54) is 12.1 Å². The molecule has 0 aliphatic rings. The Morgan fingerprint density at radius 1 is 1.15 bits per heavy atom. The maximum atomic E-state index is 13.9. The molecule has 0 aliphatic heterocycles. The molecule has 0 radical (unpaired) electrons. The molecule has 2 aromatic rings. The standard InChI is InChI=1S/C16H14FNO2/c1-18(12-6-3-2-4-7-12)15-9-5-8-14(17)13(15)10-11-16(19)20/h2-11H,1H3,(H,19,20)/b11-10+. The van der Waals surface area contributed by atoms with Crippen molar-refractivity contribution in [3.63, 3.8) is 0 Å². The van der Waals surface area contributed by atoms with E-state index in [4.69, 9.17) is 5.11 Å². The number of rotatable bonds is 4. The van der Waals surface area contributed by atoms with E-state index in [2.05, 4.69) is 0 Å². The number of carboxylic acid groups (broad SMARTS) is 1. The van der Waals surface area contributed by atoms with Crippen LogP contribution >= 0.6 is 0 Å². The van der Waals surface area contributed by atoms with Crippen LogP contribution in [0.4, 0.5) is 15.8 Å². The molecule has 0 fully saturated rings. The first-order chi connectivity index (χ1) is 9.59. The molecule has 4 heteroatoms. The average molecular weight is 271 g/mol. The Kier molecular flexibility index (Phi) is 4.15. The van der Waals surface area contributed by atoms with Gasteiger partial charge in [0.05, 0.1) is 5.69 Å². The fourth-order valence-electron chi connectivity index (χ4n) is 1.93. The number of anilines is 2. The largest absolute Gasteiger partial charge is 0.478 e. The van der Waals surface area contributed by atoms with Crippen LogP contribution in [0.25, 0.3) is 6.08 Å². The van der Waals surface area contributed by atoms with Crippen LogP contribution in [0.1, 0.15) is 5.56 Å². The fourth-order valence-corrected chi connectivity index (χ4v) is 1.93. The van der Waals surface area contributed by atoms with E-state index in [9.17, 15) is 9.18 Å². The van der Waals surface area contributed by atoms with Crippen LogP contribution in [0.3, 0.4) is 0 Å². The lowest BCUT2D eigenvalue weighted by molar-refractivity contribution is -0.131. The van der Waals surface area contributed by atoms with Gasteiger partial charge in [0.25, 0.3) is 0 Å². The lowest BCUT2D eigenvalue weighted by atomic mass is 10.1. The highest BCUT2D eigenvalue weighted by atomic mass is 19.1. The zero-order chi connectivity index (χ0) is 14.5. The molecule has 2 rings (SSSR count). The summed E-state index contributed by atoms with van der Waals surface area (Å²) in [6.07, 6.45) is 2.20. The van der Waals surface area contributed by atoms with E-state index in [1.807, 2.05) is 42.3 Å². The second kappa shape index (κ2) is 6.02. The van der Waals surface area contributed by atoms with Gasteiger partial charge >= 0.3 is 5.97 Å². The van der Waals surface area contributed by atoms with Crippen molar-refractivity contribution in [2.75, 3.05) is 11.9 Å². The van der Waals surface area contributed by atoms with Crippen molar-refractivity contribution < 1.29 is 14.3 Å². The summed E-state index contributed by atoms with van der Waals surface area (Å²) in [5.74, 6) is -1.57. The summed E-state index contributed by atoms with van der Waals surface area (Å²) in [6.45, 7) is 0. The van der Waals surface area contributed by atoms with Gasteiger partial charge < -0.3 is 10.0 Å². The smallest absolute Gasteiger partial charge is 0.328 e. The molecule has 0 bridgehead atoms. The maximum Gasteiger partial charge on any atom is 0.328 e. The quantitative estimate of drug-likeness (QED) is 0.862. The van der Waals surface area contributed by atoms with Crippen molar-refractivity contribution in [1.29, 1.82) is 0 Å². The Morgan fingerprint density at radius 3 is 2.50 bits per heavy atom. The Balaban J connectivity index is 2.46. The van der Waals surface area contributed by atoms with E-state index in [0.29, 0.717) is 5.69 Å². The van der Waals surface area contributed by atoms with Gasteiger partial charge in [-0.2, -0.15) is 0 Å². The Morgan fingerprint density at radius 2 is 1.85 bits per heavy atom. The van der Waals surface area contributed by atoms with Crippen LogP contribution in [0.2, 0.25) is 0 Å². The van der Waals surface area contributed by atoms with Gasteiger partial charge in [-0.3, -0.25) is 0 Å². The number of carbonyl (C=O) groups is 1. The third kappa shape index (κ3) is 3.03. The van der Waals surface area contributed by atoms with Crippen LogP contribution < -0.4 is 4.90 Å². The number of halogens is 1. The minimum absolute atomic E-state index is 0.251. The topological polar surface area (TPSA) is 40.5 Å². The number of aliphatic carboxylic acids is 1. The van der Waals surface area contributed by atoms with E-state index < -0.39 is 11.8 Å². The van der Waals surface area contributed by atoms with Crippen molar-refractivity contribution in [2.45, 2.75) is 0 Å². The number of nitrogens with zero attached hydrogens (tertiary/aromatic N) is 1. The van der Waals surface area contributed by atoms with Crippen molar-refractivity contribution in [1.82, 2.24) is 0 Å². The third-order valence-electron chi connectivity index (χ3n) is 2.93. The minimum atomic E-state index is -1.11. The number of hydrogen-bond acceptors (Lipinski definition) is 2. The molecule has 0 unspecified atom stereocenters. The number of benzene rings is 2. The van der Waals surface area contributed by atoms with Crippen LogP contribution in [0, 0.1) is 5.82 Å². The molecular weight excluding hydrogens is 257 g/mol.